The maximum atomic E-state index is 4.54. The van der Waals surface area contributed by atoms with E-state index in [-0.39, 0.29) is 0 Å². The summed E-state index contributed by atoms with van der Waals surface area (Å²) < 4.78 is 1.10. The van der Waals surface area contributed by atoms with E-state index in [0.717, 1.165) is 21.1 Å². The molecule has 1 aliphatic rings. The average Bonchev–Trinajstić information content (AvgIpc) is 2.58. The number of anilines is 1. The quantitative estimate of drug-likeness (QED) is 0.848. The Morgan fingerprint density at radius 2 is 2.19 bits per heavy atom. The van der Waals surface area contributed by atoms with Gasteiger partial charge in [0.25, 0.3) is 0 Å². The van der Waals surface area contributed by atoms with Gasteiger partial charge < -0.3 is 5.32 Å². The van der Waals surface area contributed by atoms with Crippen LogP contribution in [0.5, 0.6) is 0 Å². The number of hydrogen-bond donors (Lipinski definition) is 1. The summed E-state index contributed by atoms with van der Waals surface area (Å²) in [7, 11) is 0. The molecule has 0 saturated carbocycles. The Hall–Kier alpha value is -0.480. The molecule has 1 aromatic rings. The van der Waals surface area contributed by atoms with E-state index in [2.05, 4.69) is 59.1 Å². The highest BCUT2D eigenvalue weighted by molar-refractivity contribution is 9.10. The van der Waals surface area contributed by atoms with E-state index in [4.69, 9.17) is 0 Å². The smallest absolute Gasteiger partial charge is 0.161 e. The van der Waals surface area contributed by atoms with Crippen molar-refractivity contribution >= 4 is 38.5 Å². The fraction of sp³-hybridized carbons (Fsp3) is 0.417. The van der Waals surface area contributed by atoms with Crippen LogP contribution in [0.4, 0.5) is 5.69 Å². The number of nitrogens with zero attached hydrogens (tertiary/aromatic N) is 1. The maximum absolute atomic E-state index is 4.54. The van der Waals surface area contributed by atoms with E-state index in [9.17, 15) is 0 Å². The van der Waals surface area contributed by atoms with Crippen molar-refractivity contribution in [3.05, 3.63) is 27.7 Å². The predicted molar refractivity (Wildman–Crippen MR) is 76.6 cm³/mol. The lowest BCUT2D eigenvalue weighted by Crippen LogP contribution is -2.07. The van der Waals surface area contributed by atoms with Gasteiger partial charge in [-0.2, -0.15) is 0 Å². The molecule has 2 rings (SSSR count). The molecule has 0 aromatic heterocycles. The molecule has 16 heavy (non-hydrogen) atoms. The van der Waals surface area contributed by atoms with Gasteiger partial charge in [-0.05, 0) is 53.9 Å². The molecule has 1 unspecified atom stereocenters. The normalized spacial score (nSPS) is 19.8. The summed E-state index contributed by atoms with van der Waals surface area (Å²) in [6.45, 7) is 6.36. The van der Waals surface area contributed by atoms with E-state index < -0.39 is 0 Å². The second-order valence-corrected chi connectivity index (χ2v) is 6.02. The summed E-state index contributed by atoms with van der Waals surface area (Å²) in [5.41, 5.74) is 3.64. The topological polar surface area (TPSA) is 24.4 Å². The molecule has 4 heteroatoms. The summed E-state index contributed by atoms with van der Waals surface area (Å²) in [4.78, 5) is 4.54. The Morgan fingerprint density at radius 3 is 2.75 bits per heavy atom. The largest absolute Gasteiger partial charge is 0.334 e. The lowest BCUT2D eigenvalue weighted by Gasteiger charge is -2.11. The molecule has 1 atom stereocenters. The molecule has 86 valence electrons. The molecule has 1 N–H and O–H groups in total. The van der Waals surface area contributed by atoms with Crippen LogP contribution in [-0.2, 0) is 0 Å². The van der Waals surface area contributed by atoms with Crippen LogP contribution in [0.25, 0.3) is 0 Å². The Balaban J connectivity index is 2.25. The molecule has 1 heterocycles. The SMILES string of the molecule is Cc1cc(C)c(NC2=NC(C)CS2)c(Br)c1. The minimum absolute atomic E-state index is 0.428. The van der Waals surface area contributed by atoms with Crippen molar-refractivity contribution in [2.24, 2.45) is 4.99 Å². The van der Waals surface area contributed by atoms with E-state index >= 15 is 0 Å². The molecular formula is C12H15BrN2S. The van der Waals surface area contributed by atoms with Crippen LogP contribution in [0.15, 0.2) is 21.6 Å². The Bertz CT molecular complexity index is 420. The van der Waals surface area contributed by atoms with Crippen molar-refractivity contribution in [1.29, 1.82) is 0 Å². The number of amidine groups is 1. The molecule has 1 aliphatic heterocycles. The first kappa shape index (κ1) is 12.0. The maximum Gasteiger partial charge on any atom is 0.161 e. The average molecular weight is 299 g/mol. The van der Waals surface area contributed by atoms with Gasteiger partial charge in [0.05, 0.1) is 11.7 Å². The number of rotatable bonds is 1. The minimum atomic E-state index is 0.428. The fourth-order valence-corrected chi connectivity index (χ4v) is 3.40. The summed E-state index contributed by atoms with van der Waals surface area (Å²) in [6.07, 6.45) is 0. The van der Waals surface area contributed by atoms with E-state index in [0.29, 0.717) is 6.04 Å². The molecule has 0 aliphatic carbocycles. The lowest BCUT2D eigenvalue weighted by molar-refractivity contribution is 0.865. The third-order valence-electron chi connectivity index (χ3n) is 2.46. The van der Waals surface area contributed by atoms with E-state index in [1.165, 1.54) is 11.1 Å². The highest BCUT2D eigenvalue weighted by Crippen LogP contribution is 2.30. The number of aryl methyl sites for hydroxylation is 2. The number of nitrogens with one attached hydrogen (secondary N) is 1. The van der Waals surface area contributed by atoms with Crippen molar-refractivity contribution < 1.29 is 0 Å². The minimum Gasteiger partial charge on any atom is -0.334 e. The third kappa shape index (κ3) is 2.61. The zero-order chi connectivity index (χ0) is 11.7. The summed E-state index contributed by atoms with van der Waals surface area (Å²) in [5.74, 6) is 1.07. The first-order chi connectivity index (χ1) is 7.56. The molecule has 0 radical (unpaired) electrons. The molecule has 2 nitrogen and oxygen atoms in total. The highest BCUT2D eigenvalue weighted by atomic mass is 79.9. The summed E-state index contributed by atoms with van der Waals surface area (Å²) in [6, 6.07) is 4.73. The van der Waals surface area contributed by atoms with Gasteiger partial charge in [0.2, 0.25) is 0 Å². The number of benzene rings is 1. The van der Waals surface area contributed by atoms with Crippen molar-refractivity contribution in [3.8, 4) is 0 Å². The molecule has 0 spiro atoms. The first-order valence-corrected chi connectivity index (χ1v) is 7.08. The first-order valence-electron chi connectivity index (χ1n) is 5.30. The van der Waals surface area contributed by atoms with Crippen LogP contribution in [0.3, 0.4) is 0 Å². The monoisotopic (exact) mass is 298 g/mol. The Labute approximate surface area is 109 Å². The standard InChI is InChI=1S/C12H15BrN2S/c1-7-4-8(2)11(10(13)5-7)15-12-14-9(3)6-16-12/h4-5,9H,6H2,1-3H3,(H,14,15). The lowest BCUT2D eigenvalue weighted by atomic mass is 10.1. The van der Waals surface area contributed by atoms with Crippen LogP contribution >= 0.6 is 27.7 Å². The third-order valence-corrected chi connectivity index (χ3v) is 4.22. The highest BCUT2D eigenvalue weighted by Gasteiger charge is 2.15. The predicted octanol–water partition coefficient (Wildman–Crippen LogP) is 3.97. The van der Waals surface area contributed by atoms with Gasteiger partial charge in [-0.3, -0.25) is 4.99 Å². The molecule has 0 bridgehead atoms. The number of hydrogen-bond acceptors (Lipinski definition) is 3. The van der Waals surface area contributed by atoms with Crippen LogP contribution in [0, 0.1) is 13.8 Å². The molecule has 0 fully saturated rings. The second-order valence-electron chi connectivity index (χ2n) is 4.16. The Morgan fingerprint density at radius 1 is 1.44 bits per heavy atom. The molecule has 0 saturated heterocycles. The summed E-state index contributed by atoms with van der Waals surface area (Å²) in [5, 5.41) is 4.43. The molecule has 1 aromatic carbocycles. The van der Waals surface area contributed by atoms with Crippen molar-refractivity contribution in [1.82, 2.24) is 0 Å². The Kier molecular flexibility index (Phi) is 3.60. The van der Waals surface area contributed by atoms with E-state index in [1.807, 2.05) is 0 Å². The van der Waals surface area contributed by atoms with Gasteiger partial charge in [-0.15, -0.1) is 0 Å². The van der Waals surface area contributed by atoms with Crippen molar-refractivity contribution in [3.63, 3.8) is 0 Å². The molecule has 0 amide bonds. The second kappa shape index (κ2) is 4.80. The van der Waals surface area contributed by atoms with Crippen LogP contribution < -0.4 is 5.32 Å². The number of thioether (sulfide) groups is 1. The van der Waals surface area contributed by atoms with Gasteiger partial charge >= 0.3 is 0 Å². The van der Waals surface area contributed by atoms with E-state index in [1.54, 1.807) is 11.8 Å². The van der Waals surface area contributed by atoms with Crippen LogP contribution in [0.2, 0.25) is 0 Å². The van der Waals surface area contributed by atoms with Crippen LogP contribution in [0.1, 0.15) is 18.1 Å². The van der Waals surface area contributed by atoms with Crippen molar-refractivity contribution in [2.45, 2.75) is 26.8 Å². The molecular weight excluding hydrogens is 284 g/mol. The van der Waals surface area contributed by atoms with Crippen LogP contribution in [-0.4, -0.2) is 17.0 Å². The van der Waals surface area contributed by atoms with Gasteiger partial charge in [0.15, 0.2) is 5.17 Å². The number of aliphatic imine (C=N–C) groups is 1. The zero-order valence-electron chi connectivity index (χ0n) is 9.67. The van der Waals surface area contributed by atoms with Gasteiger partial charge in [-0.1, -0.05) is 17.8 Å². The zero-order valence-corrected chi connectivity index (χ0v) is 12.1. The fourth-order valence-electron chi connectivity index (χ4n) is 1.72. The van der Waals surface area contributed by atoms with Gasteiger partial charge in [-0.25, -0.2) is 0 Å². The number of halogens is 1. The van der Waals surface area contributed by atoms with Gasteiger partial charge in [0.1, 0.15) is 0 Å². The van der Waals surface area contributed by atoms with Crippen molar-refractivity contribution in [2.75, 3.05) is 11.1 Å². The van der Waals surface area contributed by atoms with Gasteiger partial charge in [0, 0.05) is 10.2 Å². The summed E-state index contributed by atoms with van der Waals surface area (Å²) >= 11 is 5.38.